The number of piperidine rings is 1. The van der Waals surface area contributed by atoms with Gasteiger partial charge >= 0.3 is 5.97 Å². The van der Waals surface area contributed by atoms with E-state index in [0.717, 1.165) is 11.1 Å². The maximum Gasteiger partial charge on any atom is 0.343 e. The first-order valence-corrected chi connectivity index (χ1v) is 12.1. The van der Waals surface area contributed by atoms with Crippen molar-refractivity contribution in [2.24, 2.45) is 0 Å². The molecule has 35 heavy (non-hydrogen) atoms. The molecule has 2 aliphatic heterocycles. The van der Waals surface area contributed by atoms with Crippen molar-refractivity contribution in [1.82, 2.24) is 9.97 Å². The van der Waals surface area contributed by atoms with Crippen LogP contribution in [0.2, 0.25) is 5.02 Å². The molecule has 3 heterocycles. The zero-order chi connectivity index (χ0) is 24.6. The van der Waals surface area contributed by atoms with Gasteiger partial charge in [0.05, 0.1) is 18.6 Å². The van der Waals surface area contributed by atoms with Gasteiger partial charge < -0.3 is 14.4 Å². The Morgan fingerprint density at radius 3 is 2.63 bits per heavy atom. The summed E-state index contributed by atoms with van der Waals surface area (Å²) in [6, 6.07) is 13.0. The number of carbonyl (C=O) groups is 2. The Morgan fingerprint density at radius 2 is 1.91 bits per heavy atom. The second kappa shape index (κ2) is 9.30. The molecule has 1 saturated heterocycles. The highest BCUT2D eigenvalue weighted by Crippen LogP contribution is 2.40. The topological polar surface area (TPSA) is 81.6 Å². The van der Waals surface area contributed by atoms with Crippen LogP contribution in [0.15, 0.2) is 48.7 Å². The molecule has 180 valence electrons. The molecule has 8 heteroatoms. The number of Topliss-reactive ketones (excluding diaryl/α,β-unsaturated/α-hetero) is 1. The van der Waals surface area contributed by atoms with Crippen molar-refractivity contribution in [2.45, 2.75) is 38.7 Å². The molecular formula is C27H26ClN3O4. The molecule has 0 N–H and O–H groups in total. The molecule has 0 unspecified atom stereocenters. The maximum absolute atomic E-state index is 12.9. The first-order chi connectivity index (χ1) is 16.9. The minimum atomic E-state index is -0.550. The summed E-state index contributed by atoms with van der Waals surface area (Å²) in [5, 5.41) is 0.622. The van der Waals surface area contributed by atoms with Crippen LogP contribution in [-0.4, -0.2) is 47.0 Å². The van der Waals surface area contributed by atoms with Crippen molar-refractivity contribution in [3.05, 3.63) is 70.4 Å². The van der Waals surface area contributed by atoms with Crippen molar-refractivity contribution >= 4 is 29.2 Å². The van der Waals surface area contributed by atoms with Gasteiger partial charge in [0.25, 0.3) is 0 Å². The number of aromatic nitrogens is 2. The first kappa shape index (κ1) is 23.3. The Morgan fingerprint density at radius 1 is 1.17 bits per heavy atom. The van der Waals surface area contributed by atoms with E-state index in [1.165, 1.54) is 6.20 Å². The Kier molecular flexibility index (Phi) is 6.19. The molecule has 1 spiro atoms. The molecule has 2 aliphatic rings. The molecule has 3 aromatic rings. The van der Waals surface area contributed by atoms with E-state index >= 15 is 0 Å². The van der Waals surface area contributed by atoms with Crippen molar-refractivity contribution in [2.75, 3.05) is 24.6 Å². The van der Waals surface area contributed by atoms with Gasteiger partial charge in [-0.3, -0.25) is 4.79 Å². The molecule has 5 rings (SSSR count). The van der Waals surface area contributed by atoms with E-state index in [2.05, 4.69) is 9.88 Å². The normalized spacial score (nSPS) is 16.5. The number of halogens is 1. The second-order valence-electron chi connectivity index (χ2n) is 9.03. The number of nitrogens with zero attached hydrogens (tertiary/aromatic N) is 3. The number of rotatable bonds is 4. The fraction of sp³-hybridized carbons (Fsp3) is 0.333. The van der Waals surface area contributed by atoms with Gasteiger partial charge in [0.15, 0.2) is 11.6 Å². The number of esters is 1. The largest absolute Gasteiger partial charge is 0.486 e. The number of aryl methyl sites for hydroxylation is 1. The van der Waals surface area contributed by atoms with Crippen LogP contribution in [0.4, 0.5) is 5.82 Å². The molecule has 7 nitrogen and oxygen atoms in total. The predicted molar refractivity (Wildman–Crippen MR) is 133 cm³/mol. The molecule has 0 aliphatic carbocycles. The van der Waals surface area contributed by atoms with Crippen LogP contribution in [0.5, 0.6) is 5.75 Å². The average Bonchev–Trinajstić information content (AvgIpc) is 2.85. The molecule has 0 saturated carbocycles. The van der Waals surface area contributed by atoms with Gasteiger partial charge in [0.1, 0.15) is 22.7 Å². The van der Waals surface area contributed by atoms with Crippen LogP contribution in [0.3, 0.4) is 0 Å². The lowest BCUT2D eigenvalue weighted by Crippen LogP contribution is -2.51. The number of fused-ring (bicyclic) bond motifs is 1. The van der Waals surface area contributed by atoms with Gasteiger partial charge in [-0.1, -0.05) is 23.2 Å². The Bertz CT molecular complexity index is 1280. The van der Waals surface area contributed by atoms with Gasteiger partial charge in [-0.25, -0.2) is 14.8 Å². The van der Waals surface area contributed by atoms with E-state index in [9.17, 15) is 9.59 Å². The summed E-state index contributed by atoms with van der Waals surface area (Å²) in [5.41, 5.74) is 2.27. The number of anilines is 1. The molecular weight excluding hydrogens is 466 g/mol. The summed E-state index contributed by atoms with van der Waals surface area (Å²) in [5.74, 6) is 1.33. The highest BCUT2D eigenvalue weighted by molar-refractivity contribution is 6.30. The fourth-order valence-corrected chi connectivity index (χ4v) is 4.84. The van der Waals surface area contributed by atoms with Gasteiger partial charge in [-0.05, 0) is 50.2 Å². The molecule has 2 aromatic carbocycles. The molecule has 0 radical (unpaired) electrons. The lowest BCUT2D eigenvalue weighted by Gasteiger charge is -2.44. The number of hydrogen-bond donors (Lipinski definition) is 0. The summed E-state index contributed by atoms with van der Waals surface area (Å²) in [6.45, 7) is 5.16. The van der Waals surface area contributed by atoms with E-state index in [4.69, 9.17) is 26.1 Å². The third kappa shape index (κ3) is 4.60. The maximum atomic E-state index is 12.9. The average molecular weight is 492 g/mol. The zero-order valence-corrected chi connectivity index (χ0v) is 20.5. The number of carbonyl (C=O) groups excluding carboxylic acids is 2. The first-order valence-electron chi connectivity index (χ1n) is 11.8. The second-order valence-corrected chi connectivity index (χ2v) is 9.47. The van der Waals surface area contributed by atoms with E-state index in [1.54, 1.807) is 19.1 Å². The van der Waals surface area contributed by atoms with Crippen LogP contribution in [0.1, 0.15) is 52.5 Å². The third-order valence-corrected chi connectivity index (χ3v) is 6.84. The highest BCUT2D eigenvalue weighted by atomic mass is 35.5. The summed E-state index contributed by atoms with van der Waals surface area (Å²) in [7, 11) is 0. The lowest BCUT2D eigenvalue weighted by atomic mass is 9.82. The Balaban J connectivity index is 1.42. The van der Waals surface area contributed by atoms with Gasteiger partial charge in [-0.15, -0.1) is 0 Å². The quantitative estimate of drug-likeness (QED) is 0.459. The van der Waals surface area contributed by atoms with E-state index < -0.39 is 11.6 Å². The number of hydrogen-bond acceptors (Lipinski definition) is 7. The summed E-state index contributed by atoms with van der Waals surface area (Å²) in [6.07, 6.45) is 3.14. The van der Waals surface area contributed by atoms with Crippen molar-refractivity contribution in [3.8, 4) is 17.1 Å². The molecule has 0 atom stereocenters. The van der Waals surface area contributed by atoms with Crippen LogP contribution in [-0.2, 0) is 4.74 Å². The van der Waals surface area contributed by atoms with Gasteiger partial charge in [0, 0.05) is 42.7 Å². The van der Waals surface area contributed by atoms with Gasteiger partial charge in [0.2, 0.25) is 0 Å². The highest BCUT2D eigenvalue weighted by Gasteiger charge is 2.43. The molecule has 1 fully saturated rings. The molecule has 1 aromatic heterocycles. The van der Waals surface area contributed by atoms with E-state index in [1.807, 2.05) is 37.3 Å². The predicted octanol–water partition coefficient (Wildman–Crippen LogP) is 5.29. The standard InChI is InChI=1S/C27H26ClN3O4/c1-3-34-26(33)21-16-29-24(18-5-7-19(28)8-6-18)30-25(21)31-12-10-27(11-13-31)15-22(32)20-14-17(2)4-9-23(20)35-27/h4-9,14,16H,3,10-13,15H2,1-2H3. The summed E-state index contributed by atoms with van der Waals surface area (Å²) >= 11 is 6.03. The minimum absolute atomic E-state index is 0.114. The fourth-order valence-electron chi connectivity index (χ4n) is 4.72. The Labute approximate surface area is 209 Å². The van der Waals surface area contributed by atoms with Crippen molar-refractivity contribution in [3.63, 3.8) is 0 Å². The zero-order valence-electron chi connectivity index (χ0n) is 19.7. The lowest BCUT2D eigenvalue weighted by molar-refractivity contribution is 0.0231. The SMILES string of the molecule is CCOC(=O)c1cnc(-c2ccc(Cl)cc2)nc1N1CCC2(CC1)CC(=O)c1cc(C)ccc1O2. The van der Waals surface area contributed by atoms with E-state index in [-0.39, 0.29) is 12.4 Å². The Hall–Kier alpha value is -3.45. The van der Waals surface area contributed by atoms with E-state index in [0.29, 0.717) is 65.9 Å². The minimum Gasteiger partial charge on any atom is -0.486 e. The number of benzene rings is 2. The van der Waals surface area contributed by atoms with Crippen molar-refractivity contribution < 1.29 is 19.1 Å². The van der Waals surface area contributed by atoms with Crippen LogP contribution < -0.4 is 9.64 Å². The molecule has 0 bridgehead atoms. The monoisotopic (exact) mass is 491 g/mol. The van der Waals surface area contributed by atoms with Crippen LogP contribution in [0, 0.1) is 6.92 Å². The number of ether oxygens (including phenoxy) is 2. The van der Waals surface area contributed by atoms with Crippen LogP contribution in [0.25, 0.3) is 11.4 Å². The van der Waals surface area contributed by atoms with Crippen LogP contribution >= 0.6 is 11.6 Å². The smallest absolute Gasteiger partial charge is 0.343 e. The molecule has 0 amide bonds. The third-order valence-electron chi connectivity index (χ3n) is 6.59. The van der Waals surface area contributed by atoms with Gasteiger partial charge in [-0.2, -0.15) is 0 Å². The summed E-state index contributed by atoms with van der Waals surface area (Å²) < 4.78 is 11.7. The summed E-state index contributed by atoms with van der Waals surface area (Å²) in [4.78, 5) is 36.8. The number of ketones is 1. The van der Waals surface area contributed by atoms with Crippen molar-refractivity contribution in [1.29, 1.82) is 0 Å².